The molecule has 1 N–H and O–H groups in total. The second kappa shape index (κ2) is 7.71. The summed E-state index contributed by atoms with van der Waals surface area (Å²) < 4.78 is 14.9. The Kier molecular flexibility index (Phi) is 5.95. The van der Waals surface area contributed by atoms with Crippen LogP contribution in [0.1, 0.15) is 36.1 Å². The van der Waals surface area contributed by atoms with Gasteiger partial charge in [0.2, 0.25) is 0 Å². The lowest BCUT2D eigenvalue weighted by atomic mass is 9.97. The first-order chi connectivity index (χ1) is 10.1. The number of halogens is 2. The number of hydrogen-bond acceptors (Lipinski definition) is 1. The van der Waals surface area contributed by atoms with Gasteiger partial charge in [0.25, 0.3) is 0 Å². The molecule has 1 nitrogen and oxygen atoms in total. The van der Waals surface area contributed by atoms with Gasteiger partial charge in [-0.2, -0.15) is 0 Å². The topological polar surface area (TPSA) is 12.0 Å². The Morgan fingerprint density at radius 1 is 1.19 bits per heavy atom. The van der Waals surface area contributed by atoms with E-state index in [4.69, 9.17) is 0 Å². The monoisotopic (exact) mass is 349 g/mol. The van der Waals surface area contributed by atoms with Gasteiger partial charge in [-0.15, -0.1) is 0 Å². The van der Waals surface area contributed by atoms with Crippen LogP contribution in [0.3, 0.4) is 0 Å². The van der Waals surface area contributed by atoms with Crippen molar-refractivity contribution in [2.24, 2.45) is 0 Å². The Morgan fingerprint density at radius 2 is 1.95 bits per heavy atom. The van der Waals surface area contributed by atoms with E-state index in [-0.39, 0.29) is 11.9 Å². The second-order valence-corrected chi connectivity index (χ2v) is 6.17. The van der Waals surface area contributed by atoms with E-state index < -0.39 is 0 Å². The summed E-state index contributed by atoms with van der Waals surface area (Å²) in [5, 5.41) is 3.52. The average Bonchev–Trinajstić information content (AvgIpc) is 2.48. The lowest BCUT2D eigenvalue weighted by Crippen LogP contribution is -2.24. The second-order valence-electron chi connectivity index (χ2n) is 5.31. The van der Waals surface area contributed by atoms with Crippen molar-refractivity contribution in [3.8, 4) is 0 Å². The van der Waals surface area contributed by atoms with Crippen molar-refractivity contribution in [2.75, 3.05) is 6.54 Å². The highest BCUT2D eigenvalue weighted by Gasteiger charge is 2.14. The SMILES string of the molecule is CCCNC(Cc1ccccc1Br)c1ccc(C)c(F)c1. The molecule has 1 unspecified atom stereocenters. The molecule has 0 aliphatic carbocycles. The number of aryl methyl sites for hydroxylation is 1. The van der Waals surface area contributed by atoms with Crippen molar-refractivity contribution in [3.05, 3.63) is 69.4 Å². The minimum absolute atomic E-state index is 0.124. The Bertz CT molecular complexity index is 598. The smallest absolute Gasteiger partial charge is 0.126 e. The van der Waals surface area contributed by atoms with Crippen LogP contribution in [0.5, 0.6) is 0 Å². The maximum atomic E-state index is 13.8. The predicted octanol–water partition coefficient (Wildman–Crippen LogP) is 5.18. The first-order valence-electron chi connectivity index (χ1n) is 7.34. The van der Waals surface area contributed by atoms with Gasteiger partial charge >= 0.3 is 0 Å². The largest absolute Gasteiger partial charge is 0.310 e. The number of benzene rings is 2. The van der Waals surface area contributed by atoms with Crippen LogP contribution < -0.4 is 5.32 Å². The summed E-state index contributed by atoms with van der Waals surface area (Å²) in [7, 11) is 0. The van der Waals surface area contributed by atoms with Gasteiger partial charge in [-0.05, 0) is 55.1 Å². The maximum Gasteiger partial charge on any atom is 0.126 e. The van der Waals surface area contributed by atoms with Gasteiger partial charge in [0, 0.05) is 10.5 Å². The molecular formula is C18H21BrFN. The molecule has 0 saturated heterocycles. The molecule has 112 valence electrons. The summed E-state index contributed by atoms with van der Waals surface area (Å²) in [4.78, 5) is 0. The van der Waals surface area contributed by atoms with E-state index in [9.17, 15) is 4.39 Å². The molecule has 0 fully saturated rings. The third kappa shape index (κ3) is 4.39. The van der Waals surface area contributed by atoms with Crippen LogP contribution in [0.4, 0.5) is 4.39 Å². The summed E-state index contributed by atoms with van der Waals surface area (Å²) in [6.07, 6.45) is 1.89. The summed E-state index contributed by atoms with van der Waals surface area (Å²) in [5.74, 6) is -0.136. The highest BCUT2D eigenvalue weighted by atomic mass is 79.9. The maximum absolute atomic E-state index is 13.8. The zero-order valence-electron chi connectivity index (χ0n) is 12.5. The van der Waals surface area contributed by atoms with Crippen molar-refractivity contribution in [1.29, 1.82) is 0 Å². The van der Waals surface area contributed by atoms with E-state index in [1.165, 1.54) is 5.56 Å². The molecule has 0 bridgehead atoms. The number of hydrogen-bond donors (Lipinski definition) is 1. The van der Waals surface area contributed by atoms with Crippen molar-refractivity contribution in [3.63, 3.8) is 0 Å². The summed E-state index contributed by atoms with van der Waals surface area (Å²) >= 11 is 3.59. The molecule has 21 heavy (non-hydrogen) atoms. The van der Waals surface area contributed by atoms with Crippen LogP contribution in [-0.2, 0) is 6.42 Å². The molecule has 0 aromatic heterocycles. The van der Waals surface area contributed by atoms with Gasteiger partial charge in [0.15, 0.2) is 0 Å². The first kappa shape index (κ1) is 16.2. The van der Waals surface area contributed by atoms with Crippen LogP contribution >= 0.6 is 15.9 Å². The van der Waals surface area contributed by atoms with Crippen molar-refractivity contribution < 1.29 is 4.39 Å². The first-order valence-corrected chi connectivity index (χ1v) is 8.14. The zero-order chi connectivity index (χ0) is 15.2. The molecule has 0 heterocycles. The van der Waals surface area contributed by atoms with Gasteiger partial charge in [-0.25, -0.2) is 4.39 Å². The van der Waals surface area contributed by atoms with Crippen LogP contribution in [0.15, 0.2) is 46.9 Å². The quantitative estimate of drug-likeness (QED) is 0.757. The molecule has 2 rings (SSSR count). The van der Waals surface area contributed by atoms with Gasteiger partial charge in [-0.3, -0.25) is 0 Å². The number of rotatable bonds is 6. The van der Waals surface area contributed by atoms with E-state index in [2.05, 4.69) is 34.2 Å². The Hall–Kier alpha value is -1.19. The van der Waals surface area contributed by atoms with Gasteiger partial charge in [0.1, 0.15) is 5.82 Å². The van der Waals surface area contributed by atoms with Crippen LogP contribution in [0, 0.1) is 12.7 Å². The molecule has 0 radical (unpaired) electrons. The molecule has 2 aromatic rings. The molecule has 0 amide bonds. The fourth-order valence-corrected chi connectivity index (χ4v) is 2.78. The van der Waals surface area contributed by atoms with E-state index in [0.717, 1.165) is 29.4 Å². The van der Waals surface area contributed by atoms with Gasteiger partial charge in [-0.1, -0.05) is 53.2 Å². The van der Waals surface area contributed by atoms with E-state index in [1.54, 1.807) is 13.0 Å². The Labute approximate surface area is 134 Å². The third-order valence-corrected chi connectivity index (χ3v) is 4.39. The predicted molar refractivity (Wildman–Crippen MR) is 90.0 cm³/mol. The van der Waals surface area contributed by atoms with Crippen molar-refractivity contribution in [1.82, 2.24) is 5.32 Å². The van der Waals surface area contributed by atoms with E-state index in [0.29, 0.717) is 5.56 Å². The molecular weight excluding hydrogens is 329 g/mol. The fraction of sp³-hybridized carbons (Fsp3) is 0.333. The van der Waals surface area contributed by atoms with Crippen LogP contribution in [0.2, 0.25) is 0 Å². The minimum atomic E-state index is -0.136. The zero-order valence-corrected chi connectivity index (χ0v) is 14.1. The normalized spacial score (nSPS) is 12.4. The molecule has 0 saturated carbocycles. The minimum Gasteiger partial charge on any atom is -0.310 e. The van der Waals surface area contributed by atoms with Crippen molar-refractivity contribution >= 4 is 15.9 Å². The number of nitrogens with one attached hydrogen (secondary N) is 1. The lowest BCUT2D eigenvalue weighted by molar-refractivity contribution is 0.523. The summed E-state index contributed by atoms with van der Waals surface area (Å²) in [5.41, 5.74) is 2.92. The van der Waals surface area contributed by atoms with Crippen molar-refractivity contribution in [2.45, 2.75) is 32.7 Å². The van der Waals surface area contributed by atoms with Crippen LogP contribution in [0.25, 0.3) is 0 Å². The van der Waals surface area contributed by atoms with Gasteiger partial charge in [0.05, 0.1) is 0 Å². The van der Waals surface area contributed by atoms with E-state index in [1.807, 2.05) is 30.3 Å². The third-order valence-electron chi connectivity index (χ3n) is 3.62. The highest BCUT2D eigenvalue weighted by Crippen LogP contribution is 2.25. The molecule has 0 spiro atoms. The Morgan fingerprint density at radius 3 is 2.62 bits per heavy atom. The summed E-state index contributed by atoms with van der Waals surface area (Å²) in [6.45, 7) is 4.85. The van der Waals surface area contributed by atoms with Crippen LogP contribution in [-0.4, -0.2) is 6.54 Å². The molecule has 2 aromatic carbocycles. The average molecular weight is 350 g/mol. The molecule has 1 atom stereocenters. The molecule has 3 heteroatoms. The van der Waals surface area contributed by atoms with Gasteiger partial charge < -0.3 is 5.32 Å². The fourth-order valence-electron chi connectivity index (χ4n) is 2.34. The lowest BCUT2D eigenvalue weighted by Gasteiger charge is -2.20. The van der Waals surface area contributed by atoms with E-state index >= 15 is 0 Å². The molecule has 0 aliphatic rings. The standard InChI is InChI=1S/C18H21BrFN/c1-3-10-21-18(12-14-6-4-5-7-16(14)19)15-9-8-13(2)17(20)11-15/h4-9,11,18,21H,3,10,12H2,1-2H3. The molecule has 0 aliphatic heterocycles. The Balaban J connectivity index is 2.25. The highest BCUT2D eigenvalue weighted by molar-refractivity contribution is 9.10. The summed E-state index contributed by atoms with van der Waals surface area (Å²) in [6, 6.07) is 13.8.